The predicted octanol–water partition coefficient (Wildman–Crippen LogP) is 5.42. The van der Waals surface area contributed by atoms with E-state index >= 15 is 4.39 Å². The zero-order valence-electron chi connectivity index (χ0n) is 15.0. The van der Waals surface area contributed by atoms with Gasteiger partial charge in [0, 0.05) is 5.92 Å². The smallest absolute Gasteiger partial charge is 0.178 e. The van der Waals surface area contributed by atoms with Crippen LogP contribution in [0.4, 0.5) is 4.39 Å². The molecule has 140 valence electrons. The number of rotatable bonds is 8. The second-order valence-corrected chi connectivity index (χ2v) is 8.73. The first-order valence-corrected chi connectivity index (χ1v) is 10.7. The molecule has 0 fully saturated rings. The molecule has 27 heavy (non-hydrogen) atoms. The fourth-order valence-electron chi connectivity index (χ4n) is 3.23. The van der Waals surface area contributed by atoms with Gasteiger partial charge in [0.15, 0.2) is 9.84 Å². The van der Waals surface area contributed by atoms with E-state index in [4.69, 9.17) is 0 Å². The van der Waals surface area contributed by atoms with Crippen LogP contribution in [0.5, 0.6) is 0 Å². The van der Waals surface area contributed by atoms with E-state index in [0.717, 1.165) is 5.56 Å². The van der Waals surface area contributed by atoms with E-state index < -0.39 is 21.9 Å². The van der Waals surface area contributed by atoms with Crippen LogP contribution in [0.25, 0.3) is 0 Å². The molecule has 2 nitrogen and oxygen atoms in total. The first-order chi connectivity index (χ1) is 13.1. The molecule has 0 spiro atoms. The number of halogens is 1. The van der Waals surface area contributed by atoms with Gasteiger partial charge in [0.2, 0.25) is 0 Å². The minimum atomic E-state index is -3.56. The van der Waals surface area contributed by atoms with Crippen LogP contribution in [0.3, 0.4) is 0 Å². The molecule has 0 heterocycles. The van der Waals surface area contributed by atoms with Crippen molar-refractivity contribution in [2.45, 2.75) is 23.9 Å². The fourth-order valence-corrected chi connectivity index (χ4v) is 4.89. The summed E-state index contributed by atoms with van der Waals surface area (Å²) in [5, 5.41) is 0. The molecule has 4 heteroatoms. The highest BCUT2D eigenvalue weighted by atomic mass is 32.2. The molecular weight excluding hydrogens is 359 g/mol. The summed E-state index contributed by atoms with van der Waals surface area (Å²) < 4.78 is 40.9. The van der Waals surface area contributed by atoms with Gasteiger partial charge >= 0.3 is 0 Å². The van der Waals surface area contributed by atoms with Gasteiger partial charge in [-0.2, -0.15) is 0 Å². The van der Waals surface area contributed by atoms with E-state index in [-0.39, 0.29) is 10.6 Å². The normalized spacial score (nSPS) is 13.8. The summed E-state index contributed by atoms with van der Waals surface area (Å²) in [7, 11) is -3.56. The van der Waals surface area contributed by atoms with Crippen molar-refractivity contribution >= 4 is 9.84 Å². The number of hydrogen-bond donors (Lipinski definition) is 0. The summed E-state index contributed by atoms with van der Waals surface area (Å²) in [5.41, 5.74) is 1.61. The third-order valence-electron chi connectivity index (χ3n) is 4.71. The van der Waals surface area contributed by atoms with Crippen molar-refractivity contribution in [3.8, 4) is 0 Å². The summed E-state index contributed by atoms with van der Waals surface area (Å²) in [6, 6.07) is 26.9. The molecular formula is C23H23FO2S. The lowest BCUT2D eigenvalue weighted by Crippen LogP contribution is -2.21. The number of hydrogen-bond acceptors (Lipinski definition) is 2. The summed E-state index contributed by atoms with van der Waals surface area (Å²) in [6.07, 6.45) is -0.219. The largest absolute Gasteiger partial charge is 0.242 e. The molecule has 2 atom stereocenters. The summed E-state index contributed by atoms with van der Waals surface area (Å²) in [6.45, 7) is 0. The van der Waals surface area contributed by atoms with Gasteiger partial charge in [0.05, 0.1) is 10.6 Å². The Labute approximate surface area is 160 Å². The Bertz CT molecular complexity index is 926. The van der Waals surface area contributed by atoms with E-state index in [2.05, 4.69) is 0 Å². The summed E-state index contributed by atoms with van der Waals surface area (Å²) in [5.74, 6) is -0.822. The maximum absolute atomic E-state index is 15.3. The Morgan fingerprint density at radius 1 is 0.741 bits per heavy atom. The Hall–Kier alpha value is -2.46. The van der Waals surface area contributed by atoms with Crippen molar-refractivity contribution in [3.05, 3.63) is 102 Å². The summed E-state index contributed by atoms with van der Waals surface area (Å²) >= 11 is 0. The van der Waals surface area contributed by atoms with Crippen LogP contribution in [-0.4, -0.2) is 14.2 Å². The van der Waals surface area contributed by atoms with Gasteiger partial charge in [-0.1, -0.05) is 78.9 Å². The van der Waals surface area contributed by atoms with Crippen molar-refractivity contribution in [2.75, 3.05) is 5.75 Å². The monoisotopic (exact) mass is 382 g/mol. The van der Waals surface area contributed by atoms with Crippen molar-refractivity contribution in [1.29, 1.82) is 0 Å². The van der Waals surface area contributed by atoms with Crippen LogP contribution in [0.1, 0.15) is 23.7 Å². The molecule has 3 rings (SSSR count). The van der Waals surface area contributed by atoms with Crippen molar-refractivity contribution in [1.82, 2.24) is 0 Å². The van der Waals surface area contributed by atoms with E-state index in [1.54, 1.807) is 54.6 Å². The van der Waals surface area contributed by atoms with Crippen LogP contribution >= 0.6 is 0 Å². The van der Waals surface area contributed by atoms with Gasteiger partial charge in [-0.25, -0.2) is 12.8 Å². The van der Waals surface area contributed by atoms with Crippen LogP contribution in [0, 0.1) is 5.92 Å². The van der Waals surface area contributed by atoms with Gasteiger partial charge in [-0.15, -0.1) is 0 Å². The van der Waals surface area contributed by atoms with Gasteiger partial charge in [0.25, 0.3) is 0 Å². The Kier molecular flexibility index (Phi) is 6.40. The summed E-state index contributed by atoms with van der Waals surface area (Å²) in [4.78, 5) is 0.245. The molecule has 0 saturated carbocycles. The third kappa shape index (κ3) is 5.27. The van der Waals surface area contributed by atoms with Gasteiger partial charge < -0.3 is 0 Å². The van der Waals surface area contributed by atoms with Gasteiger partial charge in [0.1, 0.15) is 6.17 Å². The van der Waals surface area contributed by atoms with E-state index in [9.17, 15) is 8.42 Å². The molecule has 0 amide bonds. The topological polar surface area (TPSA) is 34.1 Å². The minimum absolute atomic E-state index is 0.208. The minimum Gasteiger partial charge on any atom is -0.242 e. The van der Waals surface area contributed by atoms with Crippen molar-refractivity contribution in [2.24, 2.45) is 5.92 Å². The quantitative estimate of drug-likeness (QED) is 0.521. The lowest BCUT2D eigenvalue weighted by atomic mass is 9.92. The molecule has 0 aliphatic rings. The Morgan fingerprint density at radius 2 is 1.26 bits per heavy atom. The molecule has 3 aromatic rings. The SMILES string of the molecule is O=S(=O)(C[C@@H](CCc1ccccc1)[C@@H](F)c1ccccc1)c1ccccc1. The molecule has 0 aliphatic heterocycles. The van der Waals surface area contributed by atoms with Crippen molar-refractivity contribution < 1.29 is 12.8 Å². The fraction of sp³-hybridized carbons (Fsp3) is 0.217. The molecule has 3 aromatic carbocycles. The molecule has 0 saturated heterocycles. The molecule has 0 N–H and O–H groups in total. The number of alkyl halides is 1. The molecule has 0 unspecified atom stereocenters. The zero-order chi connectivity index (χ0) is 19.1. The van der Waals surface area contributed by atoms with E-state index in [1.807, 2.05) is 36.4 Å². The number of aryl methyl sites for hydroxylation is 1. The average Bonchev–Trinajstić information content (AvgIpc) is 2.72. The predicted molar refractivity (Wildman–Crippen MR) is 107 cm³/mol. The Morgan fingerprint density at radius 3 is 1.85 bits per heavy atom. The first kappa shape index (κ1) is 19.3. The maximum atomic E-state index is 15.3. The van der Waals surface area contributed by atoms with Crippen LogP contribution in [0.15, 0.2) is 95.9 Å². The van der Waals surface area contributed by atoms with E-state index in [1.165, 1.54) is 0 Å². The van der Waals surface area contributed by atoms with Gasteiger partial charge in [-0.3, -0.25) is 0 Å². The van der Waals surface area contributed by atoms with Crippen LogP contribution in [-0.2, 0) is 16.3 Å². The molecule has 0 bridgehead atoms. The average molecular weight is 383 g/mol. The third-order valence-corrected chi connectivity index (χ3v) is 6.57. The maximum Gasteiger partial charge on any atom is 0.178 e. The molecule has 0 aliphatic carbocycles. The second kappa shape index (κ2) is 8.96. The van der Waals surface area contributed by atoms with E-state index in [0.29, 0.717) is 18.4 Å². The number of benzene rings is 3. The highest BCUT2D eigenvalue weighted by molar-refractivity contribution is 7.91. The van der Waals surface area contributed by atoms with Crippen LogP contribution in [0.2, 0.25) is 0 Å². The lowest BCUT2D eigenvalue weighted by Gasteiger charge is -2.22. The highest BCUT2D eigenvalue weighted by Gasteiger charge is 2.29. The van der Waals surface area contributed by atoms with Crippen LogP contribution < -0.4 is 0 Å². The molecule has 0 aromatic heterocycles. The Balaban J connectivity index is 1.82. The lowest BCUT2D eigenvalue weighted by molar-refractivity contribution is 0.237. The second-order valence-electron chi connectivity index (χ2n) is 6.69. The number of sulfone groups is 1. The molecule has 0 radical (unpaired) electrons. The highest BCUT2D eigenvalue weighted by Crippen LogP contribution is 2.32. The zero-order valence-corrected chi connectivity index (χ0v) is 15.9. The standard InChI is InChI=1S/C23H23FO2S/c24-23(20-12-6-2-7-13-20)21(17-16-19-10-4-1-5-11-19)18-27(25,26)22-14-8-3-9-15-22/h1-15,21,23H,16-18H2/t21-,23+/m1/s1. The van der Waals surface area contributed by atoms with Crippen molar-refractivity contribution in [3.63, 3.8) is 0 Å². The first-order valence-electron chi connectivity index (χ1n) is 9.07. The van der Waals surface area contributed by atoms with Gasteiger partial charge in [-0.05, 0) is 36.1 Å².